The average Bonchev–Trinajstić information content (AvgIpc) is 2.26. The zero-order valence-corrected chi connectivity index (χ0v) is 11.4. The van der Waals surface area contributed by atoms with Gasteiger partial charge in [0.05, 0.1) is 5.52 Å². The predicted octanol–water partition coefficient (Wildman–Crippen LogP) is 3.81. The highest BCUT2D eigenvalue weighted by Gasteiger charge is 2.07. The second-order valence-corrected chi connectivity index (χ2v) is 4.38. The van der Waals surface area contributed by atoms with Gasteiger partial charge in [0.15, 0.2) is 0 Å². The second kappa shape index (κ2) is 5.37. The quantitative estimate of drug-likeness (QED) is 0.880. The fourth-order valence-electron chi connectivity index (χ4n) is 2.06. The number of hydrogen-bond donors (Lipinski definition) is 1. The Kier molecular flexibility index (Phi) is 4.35. The highest BCUT2D eigenvalue weighted by molar-refractivity contribution is 5.87. The van der Waals surface area contributed by atoms with Crippen LogP contribution in [0.2, 0.25) is 0 Å². The molecule has 2 rings (SSSR count). The third kappa shape index (κ3) is 2.52. The number of anilines is 1. The van der Waals surface area contributed by atoms with Crippen LogP contribution in [0.15, 0.2) is 18.2 Å². The number of rotatable bonds is 2. The van der Waals surface area contributed by atoms with Gasteiger partial charge in [-0.15, -0.1) is 12.4 Å². The minimum Gasteiger partial charge on any atom is -0.383 e. The van der Waals surface area contributed by atoms with Crippen molar-refractivity contribution in [3.8, 4) is 0 Å². The van der Waals surface area contributed by atoms with Gasteiger partial charge in [0.25, 0.3) is 0 Å². The Balaban J connectivity index is 0.00000144. The summed E-state index contributed by atoms with van der Waals surface area (Å²) in [4.78, 5) is 4.53. The topological polar surface area (TPSA) is 38.9 Å². The molecule has 1 heterocycles. The van der Waals surface area contributed by atoms with Gasteiger partial charge in [-0.3, -0.25) is 0 Å². The number of aryl methyl sites for hydroxylation is 3. The molecule has 1 aromatic carbocycles. The van der Waals surface area contributed by atoms with Crippen molar-refractivity contribution in [1.29, 1.82) is 0 Å². The Morgan fingerprint density at radius 1 is 1.18 bits per heavy atom. The van der Waals surface area contributed by atoms with Crippen molar-refractivity contribution in [2.45, 2.75) is 33.6 Å². The van der Waals surface area contributed by atoms with E-state index in [4.69, 9.17) is 5.73 Å². The van der Waals surface area contributed by atoms with Gasteiger partial charge in [-0.1, -0.05) is 25.5 Å². The van der Waals surface area contributed by atoms with Crippen LogP contribution in [0.4, 0.5) is 5.82 Å². The molecule has 0 unspecified atom stereocenters. The summed E-state index contributed by atoms with van der Waals surface area (Å²) in [5.74, 6) is 0.683. The summed E-state index contributed by atoms with van der Waals surface area (Å²) >= 11 is 0. The first-order valence-corrected chi connectivity index (χ1v) is 5.78. The van der Waals surface area contributed by atoms with E-state index in [1.807, 2.05) is 0 Å². The molecule has 0 saturated heterocycles. The highest BCUT2D eigenvalue weighted by atomic mass is 35.5. The van der Waals surface area contributed by atoms with Crippen LogP contribution in [0.5, 0.6) is 0 Å². The van der Waals surface area contributed by atoms with E-state index in [0.29, 0.717) is 5.82 Å². The standard InChI is InChI=1S/C14H18N2.ClH/c1-4-5-11-8-12-9(2)6-7-10(3)13(12)16-14(11)15;/h6-8H,4-5H2,1-3H3,(H2,15,16);1H. The maximum Gasteiger partial charge on any atom is 0.127 e. The molecule has 0 fully saturated rings. The molecular formula is C14H19ClN2. The number of hydrogen-bond acceptors (Lipinski definition) is 2. The van der Waals surface area contributed by atoms with Gasteiger partial charge in [0, 0.05) is 5.39 Å². The van der Waals surface area contributed by atoms with Gasteiger partial charge < -0.3 is 5.73 Å². The van der Waals surface area contributed by atoms with E-state index in [-0.39, 0.29) is 12.4 Å². The number of nitrogens with two attached hydrogens (primary N) is 1. The smallest absolute Gasteiger partial charge is 0.127 e. The van der Waals surface area contributed by atoms with E-state index >= 15 is 0 Å². The van der Waals surface area contributed by atoms with E-state index in [2.05, 4.69) is 44.0 Å². The second-order valence-electron chi connectivity index (χ2n) is 4.38. The highest BCUT2D eigenvalue weighted by Crippen LogP contribution is 2.24. The van der Waals surface area contributed by atoms with Crippen molar-refractivity contribution >= 4 is 29.1 Å². The number of fused-ring (bicyclic) bond motifs is 1. The molecule has 1 aromatic heterocycles. The summed E-state index contributed by atoms with van der Waals surface area (Å²) in [6, 6.07) is 6.44. The van der Waals surface area contributed by atoms with Gasteiger partial charge >= 0.3 is 0 Å². The minimum atomic E-state index is 0. The number of aromatic nitrogens is 1. The number of nitrogens with zero attached hydrogens (tertiary/aromatic N) is 1. The molecule has 3 heteroatoms. The molecule has 0 bridgehead atoms. The van der Waals surface area contributed by atoms with Crippen LogP contribution in [-0.2, 0) is 6.42 Å². The number of pyridine rings is 1. The lowest BCUT2D eigenvalue weighted by atomic mass is 10.0. The maximum atomic E-state index is 5.98. The maximum absolute atomic E-state index is 5.98. The Bertz CT molecular complexity index is 535. The van der Waals surface area contributed by atoms with Crippen LogP contribution in [0, 0.1) is 13.8 Å². The molecule has 2 N–H and O–H groups in total. The van der Waals surface area contributed by atoms with Crippen LogP contribution in [0.1, 0.15) is 30.0 Å². The summed E-state index contributed by atoms with van der Waals surface area (Å²) in [5, 5.41) is 1.23. The Labute approximate surface area is 109 Å². The van der Waals surface area contributed by atoms with Crippen molar-refractivity contribution in [3.05, 3.63) is 34.9 Å². The first-order chi connectivity index (χ1) is 7.63. The predicted molar refractivity (Wildman–Crippen MR) is 76.9 cm³/mol. The molecule has 17 heavy (non-hydrogen) atoms. The van der Waals surface area contributed by atoms with Crippen LogP contribution in [0.3, 0.4) is 0 Å². The van der Waals surface area contributed by atoms with Gasteiger partial charge in [0.1, 0.15) is 5.82 Å². The molecule has 92 valence electrons. The fourth-order valence-corrected chi connectivity index (χ4v) is 2.06. The van der Waals surface area contributed by atoms with Crippen molar-refractivity contribution in [2.75, 3.05) is 5.73 Å². The molecular weight excluding hydrogens is 232 g/mol. The fraction of sp³-hybridized carbons (Fsp3) is 0.357. The average molecular weight is 251 g/mol. The zero-order chi connectivity index (χ0) is 11.7. The molecule has 2 nitrogen and oxygen atoms in total. The van der Waals surface area contributed by atoms with E-state index < -0.39 is 0 Å². The van der Waals surface area contributed by atoms with Gasteiger partial charge in [-0.2, -0.15) is 0 Å². The first-order valence-electron chi connectivity index (χ1n) is 5.78. The van der Waals surface area contributed by atoms with Gasteiger partial charge in [-0.05, 0) is 43.0 Å². The molecule has 0 atom stereocenters. The molecule has 0 saturated carbocycles. The number of benzene rings is 1. The van der Waals surface area contributed by atoms with Crippen LogP contribution >= 0.6 is 12.4 Å². The lowest BCUT2D eigenvalue weighted by molar-refractivity contribution is 0.920. The van der Waals surface area contributed by atoms with E-state index in [1.54, 1.807) is 0 Å². The Morgan fingerprint density at radius 3 is 2.47 bits per heavy atom. The van der Waals surface area contributed by atoms with Crippen LogP contribution in [-0.4, -0.2) is 4.98 Å². The van der Waals surface area contributed by atoms with Crippen molar-refractivity contribution < 1.29 is 0 Å². The van der Waals surface area contributed by atoms with E-state index in [0.717, 1.165) is 18.4 Å². The number of nitrogen functional groups attached to an aromatic ring is 1. The lowest BCUT2D eigenvalue weighted by Crippen LogP contribution is -1.99. The van der Waals surface area contributed by atoms with Crippen molar-refractivity contribution in [3.63, 3.8) is 0 Å². The lowest BCUT2D eigenvalue weighted by Gasteiger charge is -2.09. The molecule has 0 radical (unpaired) electrons. The Hall–Kier alpha value is -1.28. The molecule has 0 aliphatic heterocycles. The molecule has 0 amide bonds. The van der Waals surface area contributed by atoms with Crippen LogP contribution in [0.25, 0.3) is 10.9 Å². The van der Waals surface area contributed by atoms with Crippen molar-refractivity contribution in [1.82, 2.24) is 4.98 Å². The monoisotopic (exact) mass is 250 g/mol. The van der Waals surface area contributed by atoms with Crippen molar-refractivity contribution in [2.24, 2.45) is 0 Å². The molecule has 2 aromatic rings. The summed E-state index contributed by atoms with van der Waals surface area (Å²) in [7, 11) is 0. The summed E-state index contributed by atoms with van der Waals surface area (Å²) < 4.78 is 0. The van der Waals surface area contributed by atoms with E-state index in [9.17, 15) is 0 Å². The third-order valence-corrected chi connectivity index (χ3v) is 3.04. The Morgan fingerprint density at radius 2 is 1.82 bits per heavy atom. The molecule has 0 aliphatic rings. The van der Waals surface area contributed by atoms with Gasteiger partial charge in [-0.25, -0.2) is 4.98 Å². The van der Waals surface area contributed by atoms with Crippen LogP contribution < -0.4 is 5.73 Å². The van der Waals surface area contributed by atoms with Gasteiger partial charge in [0.2, 0.25) is 0 Å². The zero-order valence-electron chi connectivity index (χ0n) is 10.6. The SMILES string of the molecule is CCCc1cc2c(C)ccc(C)c2nc1N.Cl. The molecule has 0 aliphatic carbocycles. The first kappa shape index (κ1) is 13.8. The summed E-state index contributed by atoms with van der Waals surface area (Å²) in [6.07, 6.45) is 2.10. The summed E-state index contributed by atoms with van der Waals surface area (Å²) in [6.45, 7) is 6.36. The third-order valence-electron chi connectivity index (χ3n) is 3.04. The minimum absolute atomic E-state index is 0. The molecule has 0 spiro atoms. The summed E-state index contributed by atoms with van der Waals surface area (Å²) in [5.41, 5.74) is 10.6. The largest absolute Gasteiger partial charge is 0.383 e. The van der Waals surface area contributed by atoms with E-state index in [1.165, 1.54) is 22.1 Å². The number of halogens is 1. The normalized spacial score (nSPS) is 10.3.